The highest BCUT2D eigenvalue weighted by Crippen LogP contribution is 2.29. The smallest absolute Gasteiger partial charge is 0.305 e. The van der Waals surface area contributed by atoms with Crippen molar-refractivity contribution in [2.24, 2.45) is 0 Å². The molecule has 14 heavy (non-hydrogen) atoms. The molecule has 2 rings (SSSR count). The van der Waals surface area contributed by atoms with Crippen molar-refractivity contribution in [1.82, 2.24) is 9.38 Å². The Morgan fingerprint density at radius 1 is 1.21 bits per heavy atom. The van der Waals surface area contributed by atoms with Crippen molar-refractivity contribution in [3.63, 3.8) is 0 Å². The minimum atomic E-state index is -4.30. The van der Waals surface area contributed by atoms with Crippen LogP contribution in [0.4, 0.5) is 13.2 Å². The SMILES string of the molecule is FC(F)(F)c1ccc2nc(I)cn2c1. The molecule has 6 heteroatoms. The third-order valence-corrected chi connectivity index (χ3v) is 2.27. The molecule has 0 atom stereocenters. The summed E-state index contributed by atoms with van der Waals surface area (Å²) in [6.45, 7) is 0. The summed E-state index contributed by atoms with van der Waals surface area (Å²) in [5.74, 6) is 0. The summed E-state index contributed by atoms with van der Waals surface area (Å²) < 4.78 is 38.9. The van der Waals surface area contributed by atoms with Crippen LogP contribution < -0.4 is 0 Å². The Hall–Kier alpha value is -0.790. The average Bonchev–Trinajstić information content (AvgIpc) is 2.41. The first-order chi connectivity index (χ1) is 6.47. The first-order valence-corrected chi connectivity index (χ1v) is 4.76. The van der Waals surface area contributed by atoms with E-state index in [4.69, 9.17) is 0 Å². The molecule has 2 nitrogen and oxygen atoms in total. The van der Waals surface area contributed by atoms with Gasteiger partial charge in [0.15, 0.2) is 0 Å². The summed E-state index contributed by atoms with van der Waals surface area (Å²) >= 11 is 1.95. The number of nitrogens with zero attached hydrogens (tertiary/aromatic N) is 2. The maximum absolute atomic E-state index is 12.3. The lowest BCUT2D eigenvalue weighted by molar-refractivity contribution is -0.137. The Bertz CT molecular complexity index is 475. The second kappa shape index (κ2) is 3.11. The summed E-state index contributed by atoms with van der Waals surface area (Å²) in [7, 11) is 0. The number of fused-ring (bicyclic) bond motifs is 1. The standard InChI is InChI=1S/C8H4F3IN2/c9-8(10,11)5-1-2-7-13-6(12)4-14(7)3-5/h1-4H. The van der Waals surface area contributed by atoms with Crippen LogP contribution in [0.15, 0.2) is 24.5 Å². The third-order valence-electron chi connectivity index (χ3n) is 1.75. The zero-order valence-corrected chi connectivity index (χ0v) is 8.87. The number of alkyl halides is 3. The van der Waals surface area contributed by atoms with Gasteiger partial charge in [0.2, 0.25) is 0 Å². The third kappa shape index (κ3) is 1.70. The van der Waals surface area contributed by atoms with Crippen LogP contribution >= 0.6 is 22.6 Å². The van der Waals surface area contributed by atoms with Crippen LogP contribution in [-0.2, 0) is 6.18 Å². The second-order valence-corrected chi connectivity index (χ2v) is 3.85. The van der Waals surface area contributed by atoms with E-state index in [1.165, 1.54) is 10.5 Å². The quantitative estimate of drug-likeness (QED) is 0.684. The lowest BCUT2D eigenvalue weighted by atomic mass is 10.3. The first kappa shape index (κ1) is 9.75. The van der Waals surface area contributed by atoms with Crippen molar-refractivity contribution in [3.05, 3.63) is 33.8 Å². The number of rotatable bonds is 0. The van der Waals surface area contributed by atoms with Crippen molar-refractivity contribution in [1.29, 1.82) is 0 Å². The highest BCUT2D eigenvalue weighted by atomic mass is 127. The van der Waals surface area contributed by atoms with E-state index >= 15 is 0 Å². The molecule has 2 heterocycles. The van der Waals surface area contributed by atoms with Crippen molar-refractivity contribution in [2.45, 2.75) is 6.18 Å². The predicted molar refractivity (Wildman–Crippen MR) is 52.9 cm³/mol. The van der Waals surface area contributed by atoms with Gasteiger partial charge in [-0.15, -0.1) is 0 Å². The Morgan fingerprint density at radius 3 is 2.57 bits per heavy atom. The molecule has 0 fully saturated rings. The Kier molecular flexibility index (Phi) is 2.17. The summed E-state index contributed by atoms with van der Waals surface area (Å²) in [5, 5.41) is 0. The summed E-state index contributed by atoms with van der Waals surface area (Å²) in [5.41, 5.74) is -0.152. The van der Waals surface area contributed by atoms with Crippen LogP contribution in [-0.4, -0.2) is 9.38 Å². The van der Waals surface area contributed by atoms with E-state index in [-0.39, 0.29) is 0 Å². The normalized spacial score (nSPS) is 12.3. The molecule has 0 aliphatic rings. The number of hydrogen-bond donors (Lipinski definition) is 0. The average molecular weight is 312 g/mol. The molecule has 0 saturated carbocycles. The number of pyridine rings is 1. The van der Waals surface area contributed by atoms with E-state index in [0.29, 0.717) is 9.35 Å². The van der Waals surface area contributed by atoms with Crippen molar-refractivity contribution >= 4 is 28.2 Å². The van der Waals surface area contributed by atoms with Crippen LogP contribution in [0.5, 0.6) is 0 Å². The van der Waals surface area contributed by atoms with Crippen LogP contribution in [0.3, 0.4) is 0 Å². The number of halogens is 4. The fourth-order valence-corrected chi connectivity index (χ4v) is 1.68. The highest BCUT2D eigenvalue weighted by molar-refractivity contribution is 14.1. The number of aromatic nitrogens is 2. The molecular formula is C8H4F3IN2. The predicted octanol–water partition coefficient (Wildman–Crippen LogP) is 2.96. The monoisotopic (exact) mass is 312 g/mol. The van der Waals surface area contributed by atoms with Crippen molar-refractivity contribution in [3.8, 4) is 0 Å². The fraction of sp³-hybridized carbons (Fsp3) is 0.125. The zero-order chi connectivity index (χ0) is 10.3. The van der Waals surface area contributed by atoms with E-state index < -0.39 is 11.7 Å². The number of hydrogen-bond acceptors (Lipinski definition) is 1. The molecule has 0 aliphatic carbocycles. The summed E-state index contributed by atoms with van der Waals surface area (Å²) in [6.07, 6.45) is -1.72. The van der Waals surface area contributed by atoms with Gasteiger partial charge >= 0.3 is 6.18 Å². The van der Waals surface area contributed by atoms with Gasteiger partial charge in [0, 0.05) is 12.4 Å². The summed E-state index contributed by atoms with van der Waals surface area (Å²) in [6, 6.07) is 2.38. The van der Waals surface area contributed by atoms with Gasteiger partial charge in [0.25, 0.3) is 0 Å². The van der Waals surface area contributed by atoms with Gasteiger partial charge in [-0.25, -0.2) is 4.98 Å². The maximum Gasteiger partial charge on any atom is 0.417 e. The first-order valence-electron chi connectivity index (χ1n) is 3.68. The zero-order valence-electron chi connectivity index (χ0n) is 6.72. The van der Waals surface area contributed by atoms with Gasteiger partial charge in [-0.1, -0.05) is 0 Å². The molecule has 2 aromatic heterocycles. The molecule has 0 amide bonds. The molecule has 0 unspecified atom stereocenters. The molecule has 0 aromatic carbocycles. The van der Waals surface area contributed by atoms with Crippen LogP contribution in [0.1, 0.15) is 5.56 Å². The van der Waals surface area contributed by atoms with Gasteiger partial charge in [-0.05, 0) is 34.7 Å². The minimum absolute atomic E-state index is 0.516. The second-order valence-electron chi connectivity index (χ2n) is 2.74. The van der Waals surface area contributed by atoms with E-state index in [1.54, 1.807) is 6.20 Å². The van der Waals surface area contributed by atoms with E-state index in [9.17, 15) is 13.2 Å². The topological polar surface area (TPSA) is 17.3 Å². The van der Waals surface area contributed by atoms with Crippen LogP contribution in [0.25, 0.3) is 5.65 Å². The van der Waals surface area contributed by atoms with Gasteiger partial charge in [-0.3, -0.25) is 0 Å². The van der Waals surface area contributed by atoms with E-state index in [2.05, 4.69) is 4.98 Å². The minimum Gasteiger partial charge on any atom is -0.305 e. The van der Waals surface area contributed by atoms with E-state index in [1.807, 2.05) is 22.6 Å². The molecule has 0 spiro atoms. The highest BCUT2D eigenvalue weighted by Gasteiger charge is 2.30. The molecule has 0 bridgehead atoms. The van der Waals surface area contributed by atoms with Gasteiger partial charge in [0.05, 0.1) is 5.56 Å². The molecule has 0 radical (unpaired) electrons. The van der Waals surface area contributed by atoms with Crippen molar-refractivity contribution in [2.75, 3.05) is 0 Å². The maximum atomic E-state index is 12.3. The molecule has 0 aliphatic heterocycles. The fourth-order valence-electron chi connectivity index (χ4n) is 1.13. The lowest BCUT2D eigenvalue weighted by Crippen LogP contribution is -2.05. The number of imidazole rings is 1. The molecular weight excluding hydrogens is 308 g/mol. The van der Waals surface area contributed by atoms with Crippen LogP contribution in [0.2, 0.25) is 0 Å². The molecule has 0 saturated heterocycles. The largest absolute Gasteiger partial charge is 0.417 e. The van der Waals surface area contributed by atoms with Crippen LogP contribution in [0, 0.1) is 3.70 Å². The van der Waals surface area contributed by atoms with Crippen molar-refractivity contribution < 1.29 is 13.2 Å². The summed E-state index contributed by atoms with van der Waals surface area (Å²) in [4.78, 5) is 4.02. The van der Waals surface area contributed by atoms with Gasteiger partial charge < -0.3 is 4.40 Å². The van der Waals surface area contributed by atoms with Gasteiger partial charge in [0.1, 0.15) is 9.35 Å². The van der Waals surface area contributed by atoms with Gasteiger partial charge in [-0.2, -0.15) is 13.2 Å². The molecule has 0 N–H and O–H groups in total. The molecule has 74 valence electrons. The Morgan fingerprint density at radius 2 is 1.93 bits per heavy atom. The van der Waals surface area contributed by atoms with E-state index in [0.717, 1.165) is 12.3 Å². The Labute approximate surface area is 90.9 Å². The Balaban J connectivity index is 2.62. The molecule has 2 aromatic rings. The lowest BCUT2D eigenvalue weighted by Gasteiger charge is -2.05.